The number of halogens is 1. The van der Waals surface area contributed by atoms with Crippen LogP contribution >= 0.6 is 22.6 Å². The number of rotatable bonds is 5. The van der Waals surface area contributed by atoms with Crippen molar-refractivity contribution in [2.45, 2.75) is 45.6 Å². The SMILES string of the molecule is CCCCN[C@@H]1CCNc2c(I)cc(CC)cc21. The van der Waals surface area contributed by atoms with Gasteiger partial charge in [0, 0.05) is 16.2 Å². The molecule has 100 valence electrons. The van der Waals surface area contributed by atoms with Gasteiger partial charge >= 0.3 is 0 Å². The van der Waals surface area contributed by atoms with Crippen LogP contribution in [-0.2, 0) is 6.42 Å². The number of anilines is 1. The van der Waals surface area contributed by atoms with Gasteiger partial charge in [0.2, 0.25) is 0 Å². The van der Waals surface area contributed by atoms with E-state index in [9.17, 15) is 0 Å². The van der Waals surface area contributed by atoms with Crippen molar-refractivity contribution in [3.05, 3.63) is 26.8 Å². The van der Waals surface area contributed by atoms with E-state index < -0.39 is 0 Å². The minimum Gasteiger partial charge on any atom is -0.384 e. The molecule has 0 aliphatic carbocycles. The second-order valence-corrected chi connectivity index (χ2v) is 6.13. The third kappa shape index (κ3) is 3.18. The molecule has 3 heteroatoms. The van der Waals surface area contributed by atoms with Crippen LogP contribution in [0, 0.1) is 3.57 Å². The van der Waals surface area contributed by atoms with Crippen LogP contribution in [0.5, 0.6) is 0 Å². The topological polar surface area (TPSA) is 24.1 Å². The Morgan fingerprint density at radius 2 is 2.22 bits per heavy atom. The van der Waals surface area contributed by atoms with Crippen LogP contribution in [0.4, 0.5) is 5.69 Å². The number of hydrogen-bond acceptors (Lipinski definition) is 2. The molecule has 0 saturated carbocycles. The van der Waals surface area contributed by atoms with Gasteiger partial charge in [0.05, 0.1) is 5.69 Å². The van der Waals surface area contributed by atoms with Crippen LogP contribution in [0.25, 0.3) is 0 Å². The molecule has 18 heavy (non-hydrogen) atoms. The van der Waals surface area contributed by atoms with Crippen molar-refractivity contribution >= 4 is 28.3 Å². The smallest absolute Gasteiger partial charge is 0.0524 e. The van der Waals surface area contributed by atoms with Crippen LogP contribution in [0.15, 0.2) is 12.1 Å². The summed E-state index contributed by atoms with van der Waals surface area (Å²) in [5, 5.41) is 7.27. The molecule has 0 fully saturated rings. The molecule has 0 unspecified atom stereocenters. The fourth-order valence-electron chi connectivity index (χ4n) is 2.51. The minimum absolute atomic E-state index is 0.535. The van der Waals surface area contributed by atoms with Crippen LogP contribution in [-0.4, -0.2) is 13.1 Å². The van der Waals surface area contributed by atoms with Crippen molar-refractivity contribution < 1.29 is 0 Å². The highest BCUT2D eigenvalue weighted by molar-refractivity contribution is 14.1. The Bertz CT molecular complexity index is 404. The maximum absolute atomic E-state index is 3.71. The predicted molar refractivity (Wildman–Crippen MR) is 87.3 cm³/mol. The summed E-state index contributed by atoms with van der Waals surface area (Å²) >= 11 is 2.46. The van der Waals surface area contributed by atoms with Crippen molar-refractivity contribution in [1.29, 1.82) is 0 Å². The van der Waals surface area contributed by atoms with Gasteiger partial charge in [0.25, 0.3) is 0 Å². The van der Waals surface area contributed by atoms with E-state index in [1.54, 1.807) is 0 Å². The third-order valence-electron chi connectivity index (χ3n) is 3.62. The van der Waals surface area contributed by atoms with Gasteiger partial charge in [-0.2, -0.15) is 0 Å². The zero-order chi connectivity index (χ0) is 13.0. The molecular formula is C15H23IN2. The van der Waals surface area contributed by atoms with Gasteiger partial charge < -0.3 is 10.6 Å². The van der Waals surface area contributed by atoms with Gasteiger partial charge in [-0.15, -0.1) is 0 Å². The number of nitrogens with one attached hydrogen (secondary N) is 2. The summed E-state index contributed by atoms with van der Waals surface area (Å²) in [5.74, 6) is 0. The van der Waals surface area contributed by atoms with Crippen LogP contribution in [0.3, 0.4) is 0 Å². The van der Waals surface area contributed by atoms with Gasteiger partial charge in [-0.25, -0.2) is 0 Å². The molecule has 0 bridgehead atoms. The van der Waals surface area contributed by atoms with E-state index in [0.29, 0.717) is 6.04 Å². The number of benzene rings is 1. The van der Waals surface area contributed by atoms with E-state index in [1.165, 1.54) is 39.6 Å². The average Bonchev–Trinajstić information content (AvgIpc) is 2.39. The van der Waals surface area contributed by atoms with Gasteiger partial charge in [-0.3, -0.25) is 0 Å². The molecule has 1 heterocycles. The first kappa shape index (κ1) is 14.1. The Morgan fingerprint density at radius 1 is 1.39 bits per heavy atom. The van der Waals surface area contributed by atoms with E-state index in [1.807, 2.05) is 0 Å². The van der Waals surface area contributed by atoms with Crippen molar-refractivity contribution in [2.75, 3.05) is 18.4 Å². The van der Waals surface area contributed by atoms with Crippen LogP contribution in [0.1, 0.15) is 50.3 Å². The van der Waals surface area contributed by atoms with Crippen LogP contribution in [0.2, 0.25) is 0 Å². The maximum atomic E-state index is 3.71. The largest absolute Gasteiger partial charge is 0.384 e. The van der Waals surface area contributed by atoms with E-state index in [4.69, 9.17) is 0 Å². The molecule has 0 saturated heterocycles. The van der Waals surface area contributed by atoms with Crippen molar-refractivity contribution in [3.8, 4) is 0 Å². The number of fused-ring (bicyclic) bond motifs is 1. The van der Waals surface area contributed by atoms with E-state index in [0.717, 1.165) is 19.5 Å². The Balaban J connectivity index is 2.21. The van der Waals surface area contributed by atoms with Gasteiger partial charge in [0.15, 0.2) is 0 Å². The summed E-state index contributed by atoms with van der Waals surface area (Å²) < 4.78 is 1.36. The summed E-state index contributed by atoms with van der Waals surface area (Å²) in [4.78, 5) is 0. The Hall–Kier alpha value is -0.290. The Morgan fingerprint density at radius 3 is 2.94 bits per heavy atom. The first-order valence-electron chi connectivity index (χ1n) is 7.05. The molecule has 1 aromatic rings. The lowest BCUT2D eigenvalue weighted by Crippen LogP contribution is -2.29. The molecule has 0 amide bonds. The van der Waals surface area contributed by atoms with E-state index >= 15 is 0 Å². The van der Waals surface area contributed by atoms with Crippen LogP contribution < -0.4 is 10.6 Å². The third-order valence-corrected chi connectivity index (χ3v) is 4.47. The van der Waals surface area contributed by atoms with Gasteiger partial charge in [-0.1, -0.05) is 26.3 Å². The molecule has 2 rings (SSSR count). The summed E-state index contributed by atoms with van der Waals surface area (Å²) in [6.45, 7) is 6.69. The van der Waals surface area contributed by atoms with Crippen molar-refractivity contribution in [3.63, 3.8) is 0 Å². The zero-order valence-corrected chi connectivity index (χ0v) is 13.5. The first-order chi connectivity index (χ1) is 8.76. The highest BCUT2D eigenvalue weighted by Crippen LogP contribution is 2.34. The monoisotopic (exact) mass is 358 g/mol. The fourth-order valence-corrected chi connectivity index (χ4v) is 3.42. The second-order valence-electron chi connectivity index (χ2n) is 4.97. The van der Waals surface area contributed by atoms with Gasteiger partial charge in [-0.05, 0) is 65.6 Å². The van der Waals surface area contributed by atoms with Crippen molar-refractivity contribution in [1.82, 2.24) is 5.32 Å². The molecule has 1 aliphatic heterocycles. The molecule has 2 N–H and O–H groups in total. The molecule has 0 radical (unpaired) electrons. The average molecular weight is 358 g/mol. The highest BCUT2D eigenvalue weighted by Gasteiger charge is 2.21. The van der Waals surface area contributed by atoms with E-state index in [-0.39, 0.29) is 0 Å². The normalized spacial score (nSPS) is 18.3. The number of aryl methyl sites for hydroxylation is 1. The molecule has 2 nitrogen and oxygen atoms in total. The quantitative estimate of drug-likeness (QED) is 0.612. The zero-order valence-electron chi connectivity index (χ0n) is 11.4. The Labute approximate surface area is 124 Å². The lowest BCUT2D eigenvalue weighted by atomic mass is 9.95. The molecule has 1 aromatic carbocycles. The molecule has 0 spiro atoms. The second kappa shape index (κ2) is 6.75. The predicted octanol–water partition coefficient (Wildman–Crippen LogP) is 4.10. The number of unbranched alkanes of at least 4 members (excludes halogenated alkanes) is 1. The lowest BCUT2D eigenvalue weighted by molar-refractivity contribution is 0.491. The standard InChI is InChI=1S/C15H23IN2/c1-3-5-7-17-14-6-8-18-15-12(14)9-11(4-2)10-13(15)16/h9-10,14,17-18H,3-8H2,1-2H3/t14-/m1/s1. The van der Waals surface area contributed by atoms with Gasteiger partial charge in [0.1, 0.15) is 0 Å². The maximum Gasteiger partial charge on any atom is 0.0524 e. The Kier molecular flexibility index (Phi) is 5.30. The minimum atomic E-state index is 0.535. The van der Waals surface area contributed by atoms with Crippen molar-refractivity contribution in [2.24, 2.45) is 0 Å². The molecule has 1 atom stereocenters. The first-order valence-corrected chi connectivity index (χ1v) is 8.13. The lowest BCUT2D eigenvalue weighted by Gasteiger charge is -2.29. The molecule has 0 aromatic heterocycles. The summed E-state index contributed by atoms with van der Waals surface area (Å²) in [5.41, 5.74) is 4.28. The highest BCUT2D eigenvalue weighted by atomic mass is 127. The molecule has 1 aliphatic rings. The summed E-state index contributed by atoms with van der Waals surface area (Å²) in [6.07, 6.45) is 4.84. The summed E-state index contributed by atoms with van der Waals surface area (Å²) in [6, 6.07) is 5.22. The van der Waals surface area contributed by atoms with E-state index in [2.05, 4.69) is 59.2 Å². The number of hydrogen-bond donors (Lipinski definition) is 2. The summed E-state index contributed by atoms with van der Waals surface area (Å²) in [7, 11) is 0. The fraction of sp³-hybridized carbons (Fsp3) is 0.600. The molecular weight excluding hydrogens is 335 g/mol.